The second-order valence-corrected chi connectivity index (χ2v) is 5.92. The highest BCUT2D eigenvalue weighted by atomic mass is 35.5. The number of hydrogen-bond donors (Lipinski definition) is 1. The molecule has 110 valence electrons. The molecule has 3 heterocycles. The molecule has 2 aliphatic heterocycles. The second kappa shape index (κ2) is 6.10. The Hall–Kier alpha value is -1.14. The van der Waals surface area contributed by atoms with Crippen LogP contribution in [-0.2, 0) is 0 Å². The van der Waals surface area contributed by atoms with Crippen LogP contribution in [0, 0.1) is 0 Å². The third-order valence-corrected chi connectivity index (χ3v) is 4.32. The normalized spacial score (nSPS) is 23.5. The molecule has 1 unspecified atom stereocenters. The zero-order chi connectivity index (χ0) is 13.9. The summed E-state index contributed by atoms with van der Waals surface area (Å²) in [6.07, 6.45) is 4.87. The Morgan fingerprint density at radius 1 is 1.15 bits per heavy atom. The van der Waals surface area contributed by atoms with Gasteiger partial charge in [-0.3, -0.25) is 0 Å². The lowest BCUT2D eigenvalue weighted by Gasteiger charge is -2.20. The summed E-state index contributed by atoms with van der Waals surface area (Å²) in [5.74, 6) is 1.29. The highest BCUT2D eigenvalue weighted by molar-refractivity contribution is 6.28. The van der Waals surface area contributed by atoms with Crippen LogP contribution in [0.2, 0.25) is 5.28 Å². The molecule has 0 amide bonds. The van der Waals surface area contributed by atoms with Gasteiger partial charge < -0.3 is 15.1 Å². The predicted octanol–water partition coefficient (Wildman–Crippen LogP) is 1.63. The first-order chi connectivity index (χ1) is 9.72. The maximum Gasteiger partial charge on any atom is 0.231 e. The molecule has 0 bridgehead atoms. The van der Waals surface area contributed by atoms with Crippen LogP contribution in [-0.4, -0.2) is 59.1 Å². The van der Waals surface area contributed by atoms with Crippen LogP contribution in [0.5, 0.6) is 0 Å². The van der Waals surface area contributed by atoms with Gasteiger partial charge in [-0.1, -0.05) is 0 Å². The Labute approximate surface area is 124 Å². The summed E-state index contributed by atoms with van der Waals surface area (Å²) < 4.78 is 0. The Morgan fingerprint density at radius 2 is 1.95 bits per heavy atom. The predicted molar refractivity (Wildman–Crippen MR) is 80.4 cm³/mol. The van der Waals surface area contributed by atoms with Crippen LogP contribution in [0.3, 0.4) is 0 Å². The molecule has 1 atom stereocenters. The molecule has 2 saturated heterocycles. The molecule has 2 aliphatic rings. The Balaban J connectivity index is 1.66. The number of rotatable bonds is 4. The van der Waals surface area contributed by atoms with E-state index in [1.54, 1.807) is 0 Å². The first-order valence-electron chi connectivity index (χ1n) is 7.33. The number of halogens is 1. The van der Waals surface area contributed by atoms with E-state index in [-0.39, 0.29) is 5.28 Å². The molecular formula is C13H21ClN6. The zero-order valence-electron chi connectivity index (χ0n) is 11.8. The molecule has 0 radical (unpaired) electrons. The zero-order valence-corrected chi connectivity index (χ0v) is 12.6. The van der Waals surface area contributed by atoms with Gasteiger partial charge in [0.05, 0.1) is 0 Å². The monoisotopic (exact) mass is 296 g/mol. The van der Waals surface area contributed by atoms with E-state index in [0.29, 0.717) is 17.9 Å². The topological polar surface area (TPSA) is 57.2 Å². The number of likely N-dealkylation sites (N-methyl/N-ethyl adjacent to an activating group) is 1. The molecule has 1 aromatic rings. The van der Waals surface area contributed by atoms with E-state index in [0.717, 1.165) is 19.6 Å². The fourth-order valence-electron chi connectivity index (χ4n) is 2.92. The van der Waals surface area contributed by atoms with Crippen LogP contribution in [0.15, 0.2) is 0 Å². The average Bonchev–Trinajstić information content (AvgIpc) is 3.07. The van der Waals surface area contributed by atoms with Gasteiger partial charge in [0.1, 0.15) is 0 Å². The number of aromatic nitrogens is 3. The number of likely N-dealkylation sites (tertiary alicyclic amines) is 1. The highest BCUT2D eigenvalue weighted by Gasteiger charge is 2.21. The van der Waals surface area contributed by atoms with Crippen LogP contribution >= 0.6 is 11.6 Å². The van der Waals surface area contributed by atoms with E-state index >= 15 is 0 Å². The summed E-state index contributed by atoms with van der Waals surface area (Å²) in [7, 11) is 2.16. The number of nitrogens with one attached hydrogen (secondary N) is 1. The van der Waals surface area contributed by atoms with Gasteiger partial charge >= 0.3 is 0 Å². The number of hydrogen-bond acceptors (Lipinski definition) is 6. The van der Waals surface area contributed by atoms with Crippen LogP contribution in [0.25, 0.3) is 0 Å². The molecule has 0 saturated carbocycles. The van der Waals surface area contributed by atoms with Gasteiger partial charge in [-0.25, -0.2) is 0 Å². The van der Waals surface area contributed by atoms with Gasteiger partial charge in [-0.15, -0.1) is 0 Å². The molecule has 3 rings (SSSR count). The molecule has 7 heteroatoms. The third kappa shape index (κ3) is 3.12. The first kappa shape index (κ1) is 13.8. The van der Waals surface area contributed by atoms with Crippen molar-refractivity contribution >= 4 is 23.5 Å². The van der Waals surface area contributed by atoms with Crippen LogP contribution in [0.4, 0.5) is 11.9 Å². The standard InChI is InChI=1S/C13H21ClN6/c1-19-6-4-5-10(19)9-15-12-16-11(14)17-13(18-12)20-7-2-3-8-20/h10H,2-9H2,1H3,(H,15,16,17,18). The Bertz CT molecular complexity index is 462. The Kier molecular flexibility index (Phi) is 4.21. The maximum absolute atomic E-state index is 6.01. The average molecular weight is 297 g/mol. The van der Waals surface area contributed by atoms with E-state index in [1.807, 2.05) is 0 Å². The minimum absolute atomic E-state index is 0.268. The smallest absolute Gasteiger partial charge is 0.231 e. The first-order valence-corrected chi connectivity index (χ1v) is 7.71. The van der Waals surface area contributed by atoms with Crippen LogP contribution in [0.1, 0.15) is 25.7 Å². The van der Waals surface area contributed by atoms with Gasteiger partial charge in [-0.05, 0) is 50.9 Å². The van der Waals surface area contributed by atoms with E-state index in [1.165, 1.54) is 32.2 Å². The molecule has 1 aromatic heterocycles. The lowest BCUT2D eigenvalue weighted by molar-refractivity contribution is 0.322. The molecule has 0 aromatic carbocycles. The summed E-state index contributed by atoms with van der Waals surface area (Å²) in [5.41, 5.74) is 0. The molecule has 0 aliphatic carbocycles. The number of nitrogens with zero attached hydrogens (tertiary/aromatic N) is 5. The summed E-state index contributed by atoms with van der Waals surface area (Å²) >= 11 is 6.01. The van der Waals surface area contributed by atoms with E-state index < -0.39 is 0 Å². The van der Waals surface area contributed by atoms with Gasteiger partial charge in [0.2, 0.25) is 17.2 Å². The quantitative estimate of drug-likeness (QED) is 0.911. The van der Waals surface area contributed by atoms with Crippen LogP contribution < -0.4 is 10.2 Å². The molecule has 20 heavy (non-hydrogen) atoms. The molecule has 1 N–H and O–H groups in total. The number of anilines is 2. The van der Waals surface area contributed by atoms with Gasteiger partial charge in [0.15, 0.2) is 0 Å². The van der Waals surface area contributed by atoms with Gasteiger partial charge in [-0.2, -0.15) is 15.0 Å². The Morgan fingerprint density at radius 3 is 2.65 bits per heavy atom. The van der Waals surface area contributed by atoms with Crippen molar-refractivity contribution in [2.75, 3.05) is 43.4 Å². The fraction of sp³-hybridized carbons (Fsp3) is 0.769. The molecule has 2 fully saturated rings. The van der Waals surface area contributed by atoms with Crippen molar-refractivity contribution in [2.24, 2.45) is 0 Å². The third-order valence-electron chi connectivity index (χ3n) is 4.15. The van der Waals surface area contributed by atoms with E-state index in [4.69, 9.17) is 11.6 Å². The fourth-order valence-corrected chi connectivity index (χ4v) is 3.08. The van der Waals surface area contributed by atoms with Crippen molar-refractivity contribution in [3.8, 4) is 0 Å². The molecule has 0 spiro atoms. The summed E-state index contributed by atoms with van der Waals surface area (Å²) in [6.45, 7) is 4.04. The lowest BCUT2D eigenvalue weighted by Crippen LogP contribution is -2.32. The van der Waals surface area contributed by atoms with E-state index in [2.05, 4.69) is 37.1 Å². The van der Waals surface area contributed by atoms with Crippen molar-refractivity contribution in [1.82, 2.24) is 19.9 Å². The molecule has 6 nitrogen and oxygen atoms in total. The summed E-state index contributed by atoms with van der Waals surface area (Å²) in [4.78, 5) is 17.4. The molecular weight excluding hydrogens is 276 g/mol. The van der Waals surface area contributed by atoms with Crippen molar-refractivity contribution in [3.05, 3.63) is 5.28 Å². The summed E-state index contributed by atoms with van der Waals surface area (Å²) in [5, 5.41) is 3.57. The van der Waals surface area contributed by atoms with Gasteiger partial charge in [0, 0.05) is 25.7 Å². The minimum Gasteiger partial charge on any atom is -0.352 e. The van der Waals surface area contributed by atoms with Crippen molar-refractivity contribution in [1.29, 1.82) is 0 Å². The van der Waals surface area contributed by atoms with Crippen molar-refractivity contribution < 1.29 is 0 Å². The van der Waals surface area contributed by atoms with E-state index in [9.17, 15) is 0 Å². The highest BCUT2D eigenvalue weighted by Crippen LogP contribution is 2.19. The lowest BCUT2D eigenvalue weighted by atomic mass is 10.2. The maximum atomic E-state index is 6.01. The largest absolute Gasteiger partial charge is 0.352 e. The van der Waals surface area contributed by atoms with Crippen molar-refractivity contribution in [3.63, 3.8) is 0 Å². The second-order valence-electron chi connectivity index (χ2n) is 5.58. The minimum atomic E-state index is 0.268. The SMILES string of the molecule is CN1CCCC1CNc1nc(Cl)nc(N2CCCC2)n1. The summed E-state index contributed by atoms with van der Waals surface area (Å²) in [6, 6.07) is 0.556. The van der Waals surface area contributed by atoms with Gasteiger partial charge in [0.25, 0.3) is 0 Å². The van der Waals surface area contributed by atoms with Crippen molar-refractivity contribution in [2.45, 2.75) is 31.7 Å².